The summed E-state index contributed by atoms with van der Waals surface area (Å²) in [6, 6.07) is 12.4. The minimum absolute atomic E-state index is 0.0918. The van der Waals surface area contributed by atoms with Gasteiger partial charge >= 0.3 is 5.97 Å². The third-order valence-corrected chi connectivity index (χ3v) is 6.00. The second-order valence-electron chi connectivity index (χ2n) is 8.53. The van der Waals surface area contributed by atoms with Gasteiger partial charge in [-0.3, -0.25) is 4.98 Å². The van der Waals surface area contributed by atoms with Gasteiger partial charge in [-0.2, -0.15) is 4.52 Å². The van der Waals surface area contributed by atoms with Crippen LogP contribution in [0.5, 0.6) is 5.88 Å². The third-order valence-electron chi connectivity index (χ3n) is 6.00. The molecule has 0 bridgehead atoms. The molecule has 1 aliphatic heterocycles. The van der Waals surface area contributed by atoms with Crippen molar-refractivity contribution in [3.8, 4) is 17.4 Å². The molecule has 12 nitrogen and oxygen atoms in total. The molecule has 0 saturated carbocycles. The smallest absolute Gasteiger partial charge is 0.337 e. The number of ether oxygens (including phenoxy) is 3. The summed E-state index contributed by atoms with van der Waals surface area (Å²) in [7, 11) is 0. The quantitative estimate of drug-likeness (QED) is 0.331. The van der Waals surface area contributed by atoms with Crippen LogP contribution in [0, 0.1) is 0 Å². The van der Waals surface area contributed by atoms with Gasteiger partial charge in [0.2, 0.25) is 11.7 Å². The second kappa shape index (κ2) is 9.91. The van der Waals surface area contributed by atoms with E-state index in [0.717, 1.165) is 30.0 Å². The van der Waals surface area contributed by atoms with Crippen molar-refractivity contribution in [1.29, 1.82) is 0 Å². The molecule has 1 aromatic carbocycles. The van der Waals surface area contributed by atoms with Crippen LogP contribution in [-0.2, 0) is 22.7 Å². The zero-order chi connectivity index (χ0) is 25.2. The van der Waals surface area contributed by atoms with Crippen molar-refractivity contribution < 1.29 is 28.6 Å². The first-order chi connectivity index (χ1) is 18.2. The molecule has 0 spiro atoms. The number of rotatable bonds is 8. The summed E-state index contributed by atoms with van der Waals surface area (Å²) < 4.78 is 24.4. The van der Waals surface area contributed by atoms with E-state index in [0.29, 0.717) is 41.1 Å². The van der Waals surface area contributed by atoms with Crippen molar-refractivity contribution in [1.82, 2.24) is 30.0 Å². The first-order valence-electron chi connectivity index (χ1n) is 11.8. The van der Waals surface area contributed by atoms with E-state index >= 15 is 0 Å². The predicted molar refractivity (Wildman–Crippen MR) is 128 cm³/mol. The fraction of sp³-hybridized carbons (Fsp3) is 0.280. The number of carbonyl (C=O) groups is 1. The van der Waals surface area contributed by atoms with Crippen molar-refractivity contribution in [3.05, 3.63) is 65.7 Å². The summed E-state index contributed by atoms with van der Waals surface area (Å²) in [5.41, 5.74) is 1.66. The molecule has 0 radical (unpaired) electrons. The molecule has 5 aromatic rings. The summed E-state index contributed by atoms with van der Waals surface area (Å²) in [6.07, 6.45) is 4.03. The van der Waals surface area contributed by atoms with Crippen LogP contribution in [0.15, 0.2) is 53.2 Å². The number of nitrogens with zero attached hydrogens (tertiary/aromatic N) is 6. The highest BCUT2D eigenvalue weighted by atomic mass is 16.7. The lowest BCUT2D eigenvalue weighted by Gasteiger charge is -2.21. The van der Waals surface area contributed by atoms with Crippen LogP contribution in [0.2, 0.25) is 0 Å². The predicted octanol–water partition coefficient (Wildman–Crippen LogP) is 3.65. The van der Waals surface area contributed by atoms with Crippen molar-refractivity contribution in [2.45, 2.75) is 38.8 Å². The monoisotopic (exact) mass is 502 g/mol. The molecule has 0 aliphatic carbocycles. The summed E-state index contributed by atoms with van der Waals surface area (Å²) >= 11 is 0. The van der Waals surface area contributed by atoms with Gasteiger partial charge in [-0.25, -0.2) is 4.79 Å². The number of benzene rings is 1. The van der Waals surface area contributed by atoms with Gasteiger partial charge in [-0.1, -0.05) is 23.4 Å². The third kappa shape index (κ3) is 4.71. The van der Waals surface area contributed by atoms with E-state index in [2.05, 4.69) is 25.4 Å². The first-order valence-corrected chi connectivity index (χ1v) is 11.8. The van der Waals surface area contributed by atoms with E-state index in [4.69, 9.17) is 23.8 Å². The van der Waals surface area contributed by atoms with Crippen LogP contribution >= 0.6 is 0 Å². The Balaban J connectivity index is 1.28. The number of pyridine rings is 1. The number of hydrogen-bond acceptors (Lipinski definition) is 10. The first kappa shape index (κ1) is 23.0. The van der Waals surface area contributed by atoms with Crippen LogP contribution in [0.1, 0.15) is 41.1 Å². The number of aromatic carboxylic acids is 1. The highest BCUT2D eigenvalue weighted by molar-refractivity contribution is 5.97. The summed E-state index contributed by atoms with van der Waals surface area (Å²) in [5, 5.41) is 28.0. The molecule has 0 amide bonds. The van der Waals surface area contributed by atoms with Gasteiger partial charge in [-0.05, 0) is 37.5 Å². The number of fused-ring (bicyclic) bond motifs is 3. The topological polar surface area (TPSA) is 147 Å². The van der Waals surface area contributed by atoms with Gasteiger partial charge in [0.15, 0.2) is 23.4 Å². The second-order valence-corrected chi connectivity index (χ2v) is 8.53. The SMILES string of the molecule is O=C(O)c1ccc(COc2nn3c(-c4cc(COC5CCCCO5)on4)nnc3c3ccccc23)nc1. The highest BCUT2D eigenvalue weighted by Gasteiger charge is 2.20. The van der Waals surface area contributed by atoms with E-state index in [1.807, 2.05) is 24.3 Å². The van der Waals surface area contributed by atoms with Gasteiger partial charge < -0.3 is 23.8 Å². The number of aromatic nitrogens is 6. The van der Waals surface area contributed by atoms with Crippen LogP contribution in [0.3, 0.4) is 0 Å². The zero-order valence-electron chi connectivity index (χ0n) is 19.6. The van der Waals surface area contributed by atoms with Crippen LogP contribution < -0.4 is 4.74 Å². The summed E-state index contributed by atoms with van der Waals surface area (Å²) in [5.74, 6) is 0.227. The Labute approximate surface area is 209 Å². The standard InChI is InChI=1S/C25H22N6O6/c32-25(33)15-8-9-16(26-12-15)13-36-24-19-6-2-1-5-18(19)22-27-28-23(31(22)29-24)20-11-17(37-30-20)14-35-21-7-3-4-10-34-21/h1-2,5-6,8-9,11-12,21H,3-4,7,10,13-14H2,(H,32,33). The Bertz CT molecular complexity index is 1560. The van der Waals surface area contributed by atoms with Gasteiger partial charge in [0.05, 0.1) is 11.3 Å². The molecule has 12 heteroatoms. The molecule has 1 aliphatic rings. The molecule has 1 saturated heterocycles. The van der Waals surface area contributed by atoms with Crippen molar-refractivity contribution in [2.75, 3.05) is 6.61 Å². The summed E-state index contributed by atoms with van der Waals surface area (Å²) in [6.45, 7) is 1.02. The molecular weight excluding hydrogens is 480 g/mol. The van der Waals surface area contributed by atoms with E-state index in [1.165, 1.54) is 12.3 Å². The Morgan fingerprint density at radius 3 is 2.78 bits per heavy atom. The van der Waals surface area contributed by atoms with Crippen LogP contribution in [0.4, 0.5) is 0 Å². The van der Waals surface area contributed by atoms with Crippen LogP contribution in [0.25, 0.3) is 27.9 Å². The van der Waals surface area contributed by atoms with Crippen molar-refractivity contribution in [2.24, 2.45) is 0 Å². The lowest BCUT2D eigenvalue weighted by atomic mass is 10.2. The van der Waals surface area contributed by atoms with E-state index < -0.39 is 5.97 Å². The van der Waals surface area contributed by atoms with Crippen molar-refractivity contribution in [3.63, 3.8) is 0 Å². The van der Waals surface area contributed by atoms with E-state index in [-0.39, 0.29) is 25.1 Å². The Morgan fingerprint density at radius 2 is 2.00 bits per heavy atom. The average Bonchev–Trinajstić information content (AvgIpc) is 3.58. The molecule has 1 atom stereocenters. The minimum atomic E-state index is -1.04. The maximum absolute atomic E-state index is 11.1. The Kier molecular flexibility index (Phi) is 6.16. The van der Waals surface area contributed by atoms with Gasteiger partial charge in [-0.15, -0.1) is 15.3 Å². The molecule has 188 valence electrons. The average molecular weight is 502 g/mol. The Morgan fingerprint density at radius 1 is 1.11 bits per heavy atom. The van der Waals surface area contributed by atoms with Gasteiger partial charge in [0.1, 0.15) is 13.2 Å². The van der Waals surface area contributed by atoms with Gasteiger partial charge in [0, 0.05) is 29.6 Å². The Hall–Kier alpha value is -4.42. The summed E-state index contributed by atoms with van der Waals surface area (Å²) in [4.78, 5) is 15.2. The molecular formula is C25H22N6O6. The lowest BCUT2D eigenvalue weighted by molar-refractivity contribution is -0.171. The molecule has 37 heavy (non-hydrogen) atoms. The van der Waals surface area contributed by atoms with E-state index in [9.17, 15) is 4.79 Å². The fourth-order valence-electron chi connectivity index (χ4n) is 4.10. The zero-order valence-corrected chi connectivity index (χ0v) is 19.6. The maximum Gasteiger partial charge on any atom is 0.337 e. The van der Waals surface area contributed by atoms with Gasteiger partial charge in [0.25, 0.3) is 0 Å². The molecule has 1 N–H and O–H groups in total. The maximum atomic E-state index is 11.1. The number of carboxylic acids is 1. The number of carboxylic acid groups (broad SMARTS) is 1. The molecule has 1 unspecified atom stereocenters. The molecule has 1 fully saturated rings. The lowest BCUT2D eigenvalue weighted by Crippen LogP contribution is -2.21. The minimum Gasteiger partial charge on any atom is -0.478 e. The van der Waals surface area contributed by atoms with Crippen molar-refractivity contribution >= 4 is 22.4 Å². The fourth-order valence-corrected chi connectivity index (χ4v) is 4.10. The molecule has 6 rings (SSSR count). The molecule has 4 aromatic heterocycles. The van der Waals surface area contributed by atoms with Crippen LogP contribution in [-0.4, -0.2) is 53.9 Å². The number of hydrogen-bond donors (Lipinski definition) is 1. The molecule has 5 heterocycles. The normalized spacial score (nSPS) is 15.8. The largest absolute Gasteiger partial charge is 0.478 e. The van der Waals surface area contributed by atoms with E-state index in [1.54, 1.807) is 16.6 Å². The highest BCUT2D eigenvalue weighted by Crippen LogP contribution is 2.29.